The number of halogens is 3. The molecule has 1 aromatic carbocycles. The molecule has 0 aliphatic rings. The lowest BCUT2D eigenvalue weighted by Gasteiger charge is -2.15. The largest absolute Gasteiger partial charge is 0.465 e. The maximum absolute atomic E-state index is 11.6. The molecule has 7 heteroatoms. The van der Waals surface area contributed by atoms with E-state index < -0.39 is 12.1 Å². The van der Waals surface area contributed by atoms with Crippen LogP contribution in [0.2, 0.25) is 5.02 Å². The average molecular weight is 404 g/mol. The van der Waals surface area contributed by atoms with Gasteiger partial charge in [-0.25, -0.2) is 4.79 Å². The van der Waals surface area contributed by atoms with Crippen molar-refractivity contribution in [2.24, 2.45) is 0 Å². The zero-order valence-corrected chi connectivity index (χ0v) is 13.2. The van der Waals surface area contributed by atoms with Crippen molar-refractivity contribution >= 4 is 57.4 Å². The minimum absolute atomic E-state index is 0.116. The normalized spacial score (nSPS) is 12.1. The molecule has 1 rings (SSSR count). The van der Waals surface area contributed by atoms with E-state index in [1.165, 1.54) is 13.2 Å². The maximum Gasteiger partial charge on any atom is 0.340 e. The third-order valence-electron chi connectivity index (χ3n) is 2.15. The molecule has 0 bridgehead atoms. The van der Waals surface area contributed by atoms with Crippen LogP contribution in [0.25, 0.3) is 0 Å². The Labute approximate surface area is 129 Å². The van der Waals surface area contributed by atoms with Crippen LogP contribution in [-0.2, 0) is 4.74 Å². The number of alkyl halides is 1. The molecule has 1 unspecified atom stereocenters. The van der Waals surface area contributed by atoms with E-state index in [2.05, 4.69) is 27.9 Å². The molecule has 0 spiro atoms. The van der Waals surface area contributed by atoms with Crippen molar-refractivity contribution < 1.29 is 14.6 Å². The Bertz CT molecular complexity index is 443. The Hall–Kier alpha value is -0.240. The third-order valence-corrected chi connectivity index (χ3v) is 3.58. The van der Waals surface area contributed by atoms with Gasteiger partial charge in [0.2, 0.25) is 0 Å². The fraction of sp³-hybridized carbons (Fsp3) is 0.364. The molecular formula is C11H12Cl2INO3. The van der Waals surface area contributed by atoms with Gasteiger partial charge >= 0.3 is 5.97 Å². The van der Waals surface area contributed by atoms with E-state index in [1.807, 2.05) is 0 Å². The first kappa shape index (κ1) is 15.8. The van der Waals surface area contributed by atoms with Crippen molar-refractivity contribution in [1.82, 2.24) is 0 Å². The Balaban J connectivity index is 3.04. The topological polar surface area (TPSA) is 58.6 Å². The number of aliphatic hydroxyl groups excluding tert-OH is 1. The monoisotopic (exact) mass is 403 g/mol. The molecule has 1 atom stereocenters. The Morgan fingerprint density at radius 1 is 1.61 bits per heavy atom. The van der Waals surface area contributed by atoms with E-state index in [1.54, 1.807) is 6.07 Å². The Morgan fingerprint density at radius 3 is 2.83 bits per heavy atom. The number of methoxy groups -OCH3 is 1. The summed E-state index contributed by atoms with van der Waals surface area (Å²) in [7, 11) is 1.30. The summed E-state index contributed by atoms with van der Waals surface area (Å²) in [5, 5.41) is 12.8. The summed E-state index contributed by atoms with van der Waals surface area (Å²) in [6.45, 7) is 0.241. The molecule has 2 N–H and O–H groups in total. The molecule has 1 aromatic rings. The van der Waals surface area contributed by atoms with E-state index in [0.717, 1.165) is 3.57 Å². The van der Waals surface area contributed by atoms with Crippen molar-refractivity contribution in [2.75, 3.05) is 24.9 Å². The number of benzene rings is 1. The van der Waals surface area contributed by atoms with E-state index in [0.29, 0.717) is 16.3 Å². The van der Waals surface area contributed by atoms with Gasteiger partial charge in [-0.3, -0.25) is 0 Å². The van der Waals surface area contributed by atoms with Crippen molar-refractivity contribution in [2.45, 2.75) is 6.10 Å². The Morgan fingerprint density at radius 2 is 2.28 bits per heavy atom. The van der Waals surface area contributed by atoms with Crippen molar-refractivity contribution in [3.8, 4) is 0 Å². The summed E-state index contributed by atoms with van der Waals surface area (Å²) < 4.78 is 5.46. The van der Waals surface area contributed by atoms with Gasteiger partial charge in [0.05, 0.1) is 30.3 Å². The molecule has 0 heterocycles. The number of aliphatic hydroxyl groups is 1. The second-order valence-electron chi connectivity index (χ2n) is 3.49. The molecule has 100 valence electrons. The number of hydrogen-bond donors (Lipinski definition) is 2. The van der Waals surface area contributed by atoms with Crippen LogP contribution in [0.5, 0.6) is 0 Å². The third kappa shape index (κ3) is 4.15. The smallest absolute Gasteiger partial charge is 0.340 e. The van der Waals surface area contributed by atoms with Crippen LogP contribution in [0.15, 0.2) is 12.1 Å². The number of carbonyl (C=O) groups is 1. The minimum Gasteiger partial charge on any atom is -0.465 e. The van der Waals surface area contributed by atoms with Crippen molar-refractivity contribution in [3.05, 3.63) is 26.3 Å². The lowest BCUT2D eigenvalue weighted by Crippen LogP contribution is -2.22. The summed E-state index contributed by atoms with van der Waals surface area (Å²) in [5.74, 6) is -0.372. The second kappa shape index (κ2) is 7.37. The molecule has 4 nitrogen and oxygen atoms in total. The highest BCUT2D eigenvalue weighted by atomic mass is 127. The summed E-state index contributed by atoms with van der Waals surface area (Å²) in [5.41, 5.74) is 0.909. The first-order chi connectivity index (χ1) is 8.49. The van der Waals surface area contributed by atoms with Gasteiger partial charge in [0.15, 0.2) is 0 Å². The van der Waals surface area contributed by atoms with Gasteiger partial charge in [-0.15, -0.1) is 11.6 Å². The number of rotatable bonds is 5. The van der Waals surface area contributed by atoms with E-state index in [4.69, 9.17) is 27.9 Å². The van der Waals surface area contributed by atoms with Crippen LogP contribution < -0.4 is 5.32 Å². The molecule has 0 aliphatic carbocycles. The highest BCUT2D eigenvalue weighted by Gasteiger charge is 2.16. The highest BCUT2D eigenvalue weighted by molar-refractivity contribution is 14.1. The van der Waals surface area contributed by atoms with E-state index in [9.17, 15) is 9.90 Å². The molecule has 0 aliphatic heterocycles. The minimum atomic E-state index is -0.691. The molecule has 0 fully saturated rings. The maximum atomic E-state index is 11.6. The highest BCUT2D eigenvalue weighted by Crippen LogP contribution is 2.28. The first-order valence-corrected chi connectivity index (χ1v) is 7.04. The number of carbonyl (C=O) groups excluding carboxylic acids is 1. The predicted octanol–water partition coefficient (Wildman–Crippen LogP) is 2.74. The van der Waals surface area contributed by atoms with Crippen molar-refractivity contribution in [1.29, 1.82) is 0 Å². The zero-order valence-electron chi connectivity index (χ0n) is 9.54. The fourth-order valence-electron chi connectivity index (χ4n) is 1.30. The molecule has 0 saturated heterocycles. The van der Waals surface area contributed by atoms with Crippen molar-refractivity contribution in [3.63, 3.8) is 0 Å². The summed E-state index contributed by atoms with van der Waals surface area (Å²) in [6, 6.07) is 3.23. The van der Waals surface area contributed by atoms with Gasteiger partial charge in [0, 0.05) is 15.1 Å². The SMILES string of the molecule is COC(=O)c1cc(Cl)cc(I)c1NCC(O)CCl. The lowest BCUT2D eigenvalue weighted by molar-refractivity contribution is 0.0601. The number of ether oxygens (including phenoxy) is 1. The Kier molecular flexibility index (Phi) is 6.48. The number of hydrogen-bond acceptors (Lipinski definition) is 4. The van der Waals surface area contributed by atoms with Crippen LogP contribution in [0.1, 0.15) is 10.4 Å². The number of nitrogens with one attached hydrogen (secondary N) is 1. The lowest BCUT2D eigenvalue weighted by atomic mass is 10.1. The molecule has 0 radical (unpaired) electrons. The zero-order chi connectivity index (χ0) is 13.7. The molecule has 0 amide bonds. The van der Waals surface area contributed by atoms with Gasteiger partial charge in [0.1, 0.15) is 0 Å². The molecule has 0 saturated carbocycles. The second-order valence-corrected chi connectivity index (χ2v) is 5.40. The molecule has 18 heavy (non-hydrogen) atoms. The van der Waals surface area contributed by atoms with Crippen LogP contribution in [0, 0.1) is 3.57 Å². The molecule has 0 aromatic heterocycles. The fourth-order valence-corrected chi connectivity index (χ4v) is 2.63. The van der Waals surface area contributed by atoms with Crippen LogP contribution in [-0.4, -0.2) is 36.7 Å². The van der Waals surface area contributed by atoms with Gasteiger partial charge < -0.3 is 15.2 Å². The predicted molar refractivity (Wildman–Crippen MR) is 80.7 cm³/mol. The quantitative estimate of drug-likeness (QED) is 0.451. The number of esters is 1. The number of anilines is 1. The molecular weight excluding hydrogens is 392 g/mol. The van der Waals surface area contributed by atoms with Crippen LogP contribution >= 0.6 is 45.8 Å². The summed E-state index contributed by atoms with van der Waals surface area (Å²) in [6.07, 6.45) is -0.691. The van der Waals surface area contributed by atoms with Gasteiger partial charge in [0.25, 0.3) is 0 Å². The average Bonchev–Trinajstić information content (AvgIpc) is 2.35. The standard InChI is InChI=1S/C11H12Cl2INO3/c1-18-11(17)8-2-6(13)3-9(14)10(8)15-5-7(16)4-12/h2-3,7,15-16H,4-5H2,1H3. The van der Waals surface area contributed by atoms with E-state index in [-0.39, 0.29) is 12.4 Å². The van der Waals surface area contributed by atoms with E-state index >= 15 is 0 Å². The van der Waals surface area contributed by atoms with Crippen LogP contribution in [0.4, 0.5) is 5.69 Å². The van der Waals surface area contributed by atoms with Gasteiger partial charge in [-0.1, -0.05) is 11.6 Å². The first-order valence-electron chi connectivity index (χ1n) is 5.04. The van der Waals surface area contributed by atoms with Gasteiger partial charge in [-0.05, 0) is 34.7 Å². The summed E-state index contributed by atoms with van der Waals surface area (Å²) >= 11 is 13.5. The van der Waals surface area contributed by atoms with Crippen LogP contribution in [0.3, 0.4) is 0 Å². The summed E-state index contributed by atoms with van der Waals surface area (Å²) in [4.78, 5) is 11.6. The van der Waals surface area contributed by atoms with Gasteiger partial charge in [-0.2, -0.15) is 0 Å².